The number of anilines is 1. The number of amides is 1. The number of benzene rings is 1. The molecule has 1 aliphatic carbocycles. The molecule has 1 amide bonds. The number of ether oxygens (including phenoxy) is 2. The van der Waals surface area contributed by atoms with E-state index in [1.165, 1.54) is 16.9 Å². The highest BCUT2D eigenvalue weighted by molar-refractivity contribution is 7.17. The molecule has 0 spiro atoms. The summed E-state index contributed by atoms with van der Waals surface area (Å²) in [5.74, 6) is 0.461. The van der Waals surface area contributed by atoms with E-state index in [-0.39, 0.29) is 24.3 Å². The van der Waals surface area contributed by atoms with Gasteiger partial charge in [0.1, 0.15) is 10.8 Å². The first kappa shape index (κ1) is 23.0. The van der Waals surface area contributed by atoms with Crippen molar-refractivity contribution in [2.45, 2.75) is 59.1 Å². The fraction of sp³-hybridized carbons (Fsp3) is 0.400. The van der Waals surface area contributed by atoms with Gasteiger partial charge in [0.05, 0.1) is 12.2 Å². The van der Waals surface area contributed by atoms with Crippen LogP contribution in [0.1, 0.15) is 76.4 Å². The van der Waals surface area contributed by atoms with Gasteiger partial charge in [0.15, 0.2) is 12.4 Å². The third-order valence-electron chi connectivity index (χ3n) is 5.66. The van der Waals surface area contributed by atoms with Crippen molar-refractivity contribution in [3.8, 4) is 5.75 Å². The number of fused-ring (bicyclic) bond motifs is 1. The molecular formula is C25H29N3O4S. The lowest BCUT2D eigenvalue weighted by Gasteiger charge is -2.12. The van der Waals surface area contributed by atoms with Gasteiger partial charge < -0.3 is 14.8 Å². The maximum absolute atomic E-state index is 12.9. The molecule has 1 N–H and O–H groups in total. The van der Waals surface area contributed by atoms with Crippen LogP contribution in [0.25, 0.3) is 0 Å². The second-order valence-electron chi connectivity index (χ2n) is 8.33. The first-order valence-corrected chi connectivity index (χ1v) is 12.2. The number of aromatic nitrogens is 2. The molecule has 0 atom stereocenters. The summed E-state index contributed by atoms with van der Waals surface area (Å²) in [6.45, 7) is 6.56. The molecule has 0 aliphatic heterocycles. The van der Waals surface area contributed by atoms with Gasteiger partial charge in [-0.2, -0.15) is 5.10 Å². The normalized spacial score (nSPS) is 13.0. The molecule has 2 heterocycles. The monoisotopic (exact) mass is 467 g/mol. The second-order valence-corrected chi connectivity index (χ2v) is 9.43. The number of aryl methyl sites for hydroxylation is 1. The molecule has 0 saturated carbocycles. The van der Waals surface area contributed by atoms with Crippen molar-refractivity contribution < 1.29 is 19.1 Å². The van der Waals surface area contributed by atoms with Gasteiger partial charge in [-0.3, -0.25) is 4.79 Å². The van der Waals surface area contributed by atoms with E-state index in [2.05, 4.69) is 24.3 Å². The number of carbonyl (C=O) groups excluding carboxylic acids is 2. The molecule has 33 heavy (non-hydrogen) atoms. The van der Waals surface area contributed by atoms with E-state index in [9.17, 15) is 9.59 Å². The van der Waals surface area contributed by atoms with E-state index in [0.29, 0.717) is 23.1 Å². The van der Waals surface area contributed by atoms with Crippen molar-refractivity contribution in [3.05, 3.63) is 63.8 Å². The van der Waals surface area contributed by atoms with Gasteiger partial charge in [0.25, 0.3) is 5.91 Å². The van der Waals surface area contributed by atoms with Crippen LogP contribution in [0.15, 0.2) is 36.5 Å². The predicted molar refractivity (Wildman–Crippen MR) is 128 cm³/mol. The van der Waals surface area contributed by atoms with Crippen molar-refractivity contribution in [2.75, 3.05) is 11.9 Å². The summed E-state index contributed by atoms with van der Waals surface area (Å²) in [4.78, 5) is 26.6. The van der Waals surface area contributed by atoms with Gasteiger partial charge in [-0.15, -0.1) is 11.3 Å². The Bertz CT molecular complexity index is 1130. The minimum Gasteiger partial charge on any atom is -0.471 e. The van der Waals surface area contributed by atoms with Crippen LogP contribution < -0.4 is 10.1 Å². The molecule has 0 fully saturated rings. The van der Waals surface area contributed by atoms with Crippen LogP contribution in [0, 0.1) is 0 Å². The average Bonchev–Trinajstić information content (AvgIpc) is 3.42. The third-order valence-corrected chi connectivity index (χ3v) is 6.87. The lowest BCUT2D eigenvalue weighted by molar-refractivity contribution is 0.0526. The number of rotatable bonds is 8. The Kier molecular flexibility index (Phi) is 7.13. The molecule has 2 aromatic heterocycles. The van der Waals surface area contributed by atoms with E-state index in [1.807, 2.05) is 24.3 Å². The zero-order valence-corrected chi connectivity index (χ0v) is 20.0. The molecule has 1 aromatic carbocycles. The van der Waals surface area contributed by atoms with E-state index in [0.717, 1.165) is 41.9 Å². The SMILES string of the molecule is CCOC(=O)c1c(NC(=O)c2ccn(COc3ccc(C(C)C)cc3)n2)sc2c1CCCC2. The second kappa shape index (κ2) is 10.2. The maximum Gasteiger partial charge on any atom is 0.341 e. The Hall–Kier alpha value is -3.13. The molecule has 8 heteroatoms. The highest BCUT2D eigenvalue weighted by atomic mass is 32.1. The highest BCUT2D eigenvalue weighted by Crippen LogP contribution is 2.38. The van der Waals surface area contributed by atoms with Gasteiger partial charge in [-0.25, -0.2) is 9.48 Å². The van der Waals surface area contributed by atoms with Crippen molar-refractivity contribution in [1.82, 2.24) is 9.78 Å². The number of carbonyl (C=O) groups is 2. The van der Waals surface area contributed by atoms with Crippen molar-refractivity contribution in [2.24, 2.45) is 0 Å². The van der Waals surface area contributed by atoms with Crippen LogP contribution in [0.5, 0.6) is 5.75 Å². The molecule has 0 saturated heterocycles. The van der Waals surface area contributed by atoms with Crippen molar-refractivity contribution >= 4 is 28.2 Å². The van der Waals surface area contributed by atoms with Crippen molar-refractivity contribution in [3.63, 3.8) is 0 Å². The Morgan fingerprint density at radius 1 is 1.15 bits per heavy atom. The number of thiophene rings is 1. The highest BCUT2D eigenvalue weighted by Gasteiger charge is 2.27. The van der Waals surface area contributed by atoms with Crippen LogP contribution in [0.4, 0.5) is 5.00 Å². The lowest BCUT2D eigenvalue weighted by atomic mass is 9.95. The first-order valence-electron chi connectivity index (χ1n) is 11.4. The van der Waals surface area contributed by atoms with E-state index in [4.69, 9.17) is 9.47 Å². The summed E-state index contributed by atoms with van der Waals surface area (Å²) < 4.78 is 12.6. The third kappa shape index (κ3) is 5.27. The quantitative estimate of drug-likeness (QED) is 0.448. The van der Waals surface area contributed by atoms with E-state index in [1.54, 1.807) is 23.9 Å². The van der Waals surface area contributed by atoms with Gasteiger partial charge in [0, 0.05) is 11.1 Å². The van der Waals surface area contributed by atoms with Crippen molar-refractivity contribution in [1.29, 1.82) is 0 Å². The van der Waals surface area contributed by atoms with Gasteiger partial charge in [-0.05, 0) is 67.9 Å². The van der Waals surface area contributed by atoms with Gasteiger partial charge in [0.2, 0.25) is 0 Å². The number of hydrogen-bond acceptors (Lipinski definition) is 6. The summed E-state index contributed by atoms with van der Waals surface area (Å²) in [6, 6.07) is 9.59. The summed E-state index contributed by atoms with van der Waals surface area (Å²) in [7, 11) is 0. The zero-order chi connectivity index (χ0) is 23.4. The average molecular weight is 468 g/mol. The van der Waals surface area contributed by atoms with Gasteiger partial charge in [-0.1, -0.05) is 26.0 Å². The summed E-state index contributed by atoms with van der Waals surface area (Å²) >= 11 is 1.46. The molecule has 3 aromatic rings. The number of nitrogens with one attached hydrogen (secondary N) is 1. The molecule has 174 valence electrons. The van der Waals surface area contributed by atoms with Crippen LogP contribution >= 0.6 is 11.3 Å². The van der Waals surface area contributed by atoms with Crippen LogP contribution in [-0.4, -0.2) is 28.3 Å². The molecule has 0 radical (unpaired) electrons. The molecule has 7 nitrogen and oxygen atoms in total. The summed E-state index contributed by atoms with van der Waals surface area (Å²) in [6.07, 6.45) is 5.58. The van der Waals surface area contributed by atoms with E-state index < -0.39 is 0 Å². The fourth-order valence-electron chi connectivity index (χ4n) is 3.88. The predicted octanol–water partition coefficient (Wildman–Crippen LogP) is 5.41. The minimum absolute atomic E-state index is 0.190. The Labute approximate surface area is 197 Å². The largest absolute Gasteiger partial charge is 0.471 e. The van der Waals surface area contributed by atoms with E-state index >= 15 is 0 Å². The smallest absolute Gasteiger partial charge is 0.341 e. The molecule has 0 bridgehead atoms. The molecular weight excluding hydrogens is 438 g/mol. The fourth-order valence-corrected chi connectivity index (χ4v) is 5.16. The number of hydrogen-bond donors (Lipinski definition) is 1. The van der Waals surface area contributed by atoms with Gasteiger partial charge >= 0.3 is 5.97 Å². The standard InChI is InChI=1S/C25H29N3O4S/c1-4-31-25(30)22-19-7-5-6-8-21(19)33-24(22)26-23(29)20-13-14-28(27-20)15-32-18-11-9-17(10-12-18)16(2)3/h9-14,16H,4-8,15H2,1-3H3,(H,26,29). The Morgan fingerprint density at radius 2 is 1.91 bits per heavy atom. The maximum atomic E-state index is 12.9. The minimum atomic E-state index is -0.380. The molecule has 1 aliphatic rings. The number of esters is 1. The summed E-state index contributed by atoms with van der Waals surface area (Å²) in [5, 5.41) is 7.76. The zero-order valence-electron chi connectivity index (χ0n) is 19.2. The molecule has 0 unspecified atom stereocenters. The van der Waals surface area contributed by atoms with Crippen LogP contribution in [-0.2, 0) is 24.3 Å². The van der Waals surface area contributed by atoms with Crippen LogP contribution in [0.3, 0.4) is 0 Å². The Balaban J connectivity index is 1.43. The summed E-state index contributed by atoms with van der Waals surface area (Å²) in [5.41, 5.74) is 3.02. The Morgan fingerprint density at radius 3 is 2.64 bits per heavy atom. The number of nitrogens with zero attached hydrogens (tertiary/aromatic N) is 2. The van der Waals surface area contributed by atoms with Crippen LogP contribution in [0.2, 0.25) is 0 Å². The molecule has 4 rings (SSSR count). The topological polar surface area (TPSA) is 82.5 Å². The first-order chi connectivity index (χ1) is 16.0. The lowest BCUT2D eigenvalue weighted by Crippen LogP contribution is -2.17.